The lowest BCUT2D eigenvalue weighted by Gasteiger charge is -2.10. The Kier molecular flexibility index (Phi) is 3.91. The average Bonchev–Trinajstić information content (AvgIpc) is 3.00. The molecule has 0 atom stereocenters. The van der Waals surface area contributed by atoms with E-state index in [2.05, 4.69) is 36.8 Å². The molecule has 3 rings (SSSR count). The van der Waals surface area contributed by atoms with Crippen molar-refractivity contribution in [1.82, 2.24) is 9.97 Å². The van der Waals surface area contributed by atoms with Crippen LogP contribution in [0, 0.1) is 0 Å². The van der Waals surface area contributed by atoms with Gasteiger partial charge >= 0.3 is 0 Å². The smallest absolute Gasteiger partial charge is 0.171 e. The van der Waals surface area contributed by atoms with Gasteiger partial charge in [0.15, 0.2) is 5.82 Å². The summed E-state index contributed by atoms with van der Waals surface area (Å²) in [6.07, 6.45) is 5.02. The van der Waals surface area contributed by atoms with Crippen LogP contribution in [0.15, 0.2) is 20.4 Å². The van der Waals surface area contributed by atoms with E-state index in [1.807, 2.05) is 12.1 Å². The van der Waals surface area contributed by atoms with E-state index in [-0.39, 0.29) is 0 Å². The average molecular weight is 403 g/mol. The Morgan fingerprint density at radius 3 is 2.53 bits per heavy atom. The highest BCUT2D eigenvalue weighted by Gasteiger charge is 2.20. The third-order valence-corrected chi connectivity index (χ3v) is 6.66. The van der Waals surface area contributed by atoms with Gasteiger partial charge in [0, 0.05) is 22.2 Å². The number of hydrogen-bond donors (Lipinski definition) is 1. The standard InChI is InChI=1S/C13H13Br2N3S/c14-8-5-10(19-12(8)15)13-17-9(6-11(16)18-13)7-3-1-2-4-7/h5-7H,1-4H2,(H2,16,17,18). The van der Waals surface area contributed by atoms with Gasteiger partial charge in [-0.3, -0.25) is 0 Å². The molecule has 0 aromatic carbocycles. The van der Waals surface area contributed by atoms with Crippen molar-refractivity contribution < 1.29 is 0 Å². The Hall–Kier alpha value is -0.460. The molecule has 0 bridgehead atoms. The van der Waals surface area contributed by atoms with Gasteiger partial charge in [0.2, 0.25) is 0 Å². The predicted molar refractivity (Wildman–Crippen MR) is 86.4 cm³/mol. The van der Waals surface area contributed by atoms with Gasteiger partial charge in [-0.2, -0.15) is 0 Å². The van der Waals surface area contributed by atoms with E-state index < -0.39 is 0 Å². The molecule has 1 fully saturated rings. The quantitative estimate of drug-likeness (QED) is 0.771. The Balaban J connectivity index is 2.01. The molecule has 1 aliphatic carbocycles. The van der Waals surface area contributed by atoms with Crippen LogP contribution in [0.2, 0.25) is 0 Å². The molecule has 19 heavy (non-hydrogen) atoms. The first-order chi connectivity index (χ1) is 9.13. The molecule has 0 unspecified atom stereocenters. The third kappa shape index (κ3) is 2.85. The summed E-state index contributed by atoms with van der Waals surface area (Å²) in [6.45, 7) is 0. The van der Waals surface area contributed by atoms with Crippen molar-refractivity contribution in [2.75, 3.05) is 5.73 Å². The zero-order chi connectivity index (χ0) is 13.4. The van der Waals surface area contributed by atoms with E-state index in [0.29, 0.717) is 11.7 Å². The van der Waals surface area contributed by atoms with Crippen LogP contribution >= 0.6 is 43.2 Å². The number of anilines is 1. The maximum atomic E-state index is 5.94. The first-order valence-electron chi connectivity index (χ1n) is 6.23. The maximum Gasteiger partial charge on any atom is 0.171 e. The summed E-state index contributed by atoms with van der Waals surface area (Å²) in [7, 11) is 0. The third-order valence-electron chi connectivity index (χ3n) is 3.40. The van der Waals surface area contributed by atoms with Gasteiger partial charge in [-0.1, -0.05) is 12.8 Å². The summed E-state index contributed by atoms with van der Waals surface area (Å²) in [5.41, 5.74) is 7.04. The van der Waals surface area contributed by atoms with E-state index in [1.165, 1.54) is 25.7 Å². The predicted octanol–water partition coefficient (Wildman–Crippen LogP) is 4.97. The van der Waals surface area contributed by atoms with E-state index in [1.54, 1.807) is 11.3 Å². The lowest BCUT2D eigenvalue weighted by atomic mass is 10.0. The number of aromatic nitrogens is 2. The van der Waals surface area contributed by atoms with Gasteiger partial charge in [0.05, 0.1) is 8.66 Å². The monoisotopic (exact) mass is 401 g/mol. The second-order valence-corrected chi connectivity index (χ2v) is 7.98. The first-order valence-corrected chi connectivity index (χ1v) is 8.63. The molecule has 2 aromatic rings. The van der Waals surface area contributed by atoms with Crippen molar-refractivity contribution in [3.63, 3.8) is 0 Å². The highest BCUT2D eigenvalue weighted by molar-refractivity contribution is 9.13. The molecular formula is C13H13Br2N3S. The molecule has 100 valence electrons. The summed E-state index contributed by atoms with van der Waals surface area (Å²) < 4.78 is 2.08. The molecule has 0 radical (unpaired) electrons. The largest absolute Gasteiger partial charge is 0.384 e. The van der Waals surface area contributed by atoms with Crippen LogP contribution in [0.5, 0.6) is 0 Å². The zero-order valence-corrected chi connectivity index (χ0v) is 14.2. The molecule has 1 saturated carbocycles. The molecule has 2 N–H and O–H groups in total. The number of rotatable bonds is 2. The topological polar surface area (TPSA) is 51.8 Å². The van der Waals surface area contributed by atoms with Crippen molar-refractivity contribution in [3.8, 4) is 10.7 Å². The molecule has 2 aromatic heterocycles. The van der Waals surface area contributed by atoms with Gasteiger partial charge in [-0.25, -0.2) is 9.97 Å². The van der Waals surface area contributed by atoms with Crippen molar-refractivity contribution in [1.29, 1.82) is 0 Å². The van der Waals surface area contributed by atoms with E-state index >= 15 is 0 Å². The number of halogens is 2. The van der Waals surface area contributed by atoms with Crippen LogP contribution in [-0.2, 0) is 0 Å². The number of nitrogen functional groups attached to an aromatic ring is 1. The minimum absolute atomic E-state index is 0.552. The lowest BCUT2D eigenvalue weighted by molar-refractivity contribution is 0.696. The molecule has 1 aliphatic rings. The molecule has 0 amide bonds. The van der Waals surface area contributed by atoms with Crippen LogP contribution in [0.25, 0.3) is 10.7 Å². The minimum Gasteiger partial charge on any atom is -0.384 e. The van der Waals surface area contributed by atoms with Gasteiger partial charge in [0.1, 0.15) is 5.82 Å². The van der Waals surface area contributed by atoms with Crippen molar-refractivity contribution in [3.05, 3.63) is 26.1 Å². The Morgan fingerprint density at radius 2 is 1.89 bits per heavy atom. The molecule has 6 heteroatoms. The van der Waals surface area contributed by atoms with Gasteiger partial charge in [0.25, 0.3) is 0 Å². The second-order valence-electron chi connectivity index (χ2n) is 4.75. The summed E-state index contributed by atoms with van der Waals surface area (Å²) >= 11 is 8.61. The lowest BCUT2D eigenvalue weighted by Crippen LogP contribution is -2.02. The highest BCUT2D eigenvalue weighted by Crippen LogP contribution is 2.39. The van der Waals surface area contributed by atoms with E-state index in [4.69, 9.17) is 10.7 Å². The fourth-order valence-corrected chi connectivity index (χ4v) is 4.45. The Bertz CT molecular complexity index is 586. The highest BCUT2D eigenvalue weighted by atomic mass is 79.9. The molecule has 3 nitrogen and oxygen atoms in total. The first kappa shape index (κ1) is 13.5. The van der Waals surface area contributed by atoms with Crippen LogP contribution < -0.4 is 5.73 Å². The Morgan fingerprint density at radius 1 is 1.16 bits per heavy atom. The Labute approximate surface area is 132 Å². The number of nitrogens with zero attached hydrogens (tertiary/aromatic N) is 2. The second kappa shape index (κ2) is 5.50. The summed E-state index contributed by atoms with van der Waals surface area (Å²) in [5, 5.41) is 0. The normalized spacial score (nSPS) is 16.1. The van der Waals surface area contributed by atoms with Crippen molar-refractivity contribution in [2.24, 2.45) is 0 Å². The van der Waals surface area contributed by atoms with Crippen LogP contribution in [0.4, 0.5) is 5.82 Å². The fraction of sp³-hybridized carbons (Fsp3) is 0.385. The SMILES string of the molecule is Nc1cc(C2CCCC2)nc(-c2cc(Br)c(Br)s2)n1. The number of thiophene rings is 1. The molecule has 2 heterocycles. The molecule has 0 saturated heterocycles. The van der Waals surface area contributed by atoms with Crippen molar-refractivity contribution >= 4 is 49.0 Å². The van der Waals surface area contributed by atoms with Crippen molar-refractivity contribution in [2.45, 2.75) is 31.6 Å². The van der Waals surface area contributed by atoms with E-state index in [9.17, 15) is 0 Å². The number of nitrogens with two attached hydrogens (primary N) is 1. The maximum absolute atomic E-state index is 5.94. The molecule has 0 spiro atoms. The molecular weight excluding hydrogens is 390 g/mol. The van der Waals surface area contributed by atoms with Crippen LogP contribution in [0.3, 0.4) is 0 Å². The molecule has 0 aliphatic heterocycles. The zero-order valence-electron chi connectivity index (χ0n) is 10.2. The van der Waals surface area contributed by atoms with Gasteiger partial charge in [-0.15, -0.1) is 11.3 Å². The van der Waals surface area contributed by atoms with Gasteiger partial charge < -0.3 is 5.73 Å². The number of hydrogen-bond acceptors (Lipinski definition) is 4. The van der Waals surface area contributed by atoms with Crippen LogP contribution in [-0.4, -0.2) is 9.97 Å². The summed E-state index contributed by atoms with van der Waals surface area (Å²) in [5.74, 6) is 1.85. The van der Waals surface area contributed by atoms with Gasteiger partial charge in [-0.05, 0) is 50.8 Å². The van der Waals surface area contributed by atoms with Crippen LogP contribution in [0.1, 0.15) is 37.3 Å². The van der Waals surface area contributed by atoms with E-state index in [0.717, 1.165) is 24.7 Å². The summed E-state index contributed by atoms with van der Waals surface area (Å²) in [6, 6.07) is 3.96. The fourth-order valence-electron chi connectivity index (χ4n) is 2.48. The minimum atomic E-state index is 0.552. The summed E-state index contributed by atoms with van der Waals surface area (Å²) in [4.78, 5) is 10.1.